The maximum absolute atomic E-state index is 16.5. The van der Waals surface area contributed by atoms with Crippen LogP contribution in [0.5, 0.6) is 0 Å². The molecule has 7 heterocycles. The lowest BCUT2D eigenvalue weighted by Gasteiger charge is -2.25. The maximum Gasteiger partial charge on any atom is 0.346 e. The van der Waals surface area contributed by atoms with E-state index in [0.717, 1.165) is 76.6 Å². The Morgan fingerprint density at radius 1 is 0.394 bits per heavy atom. The Labute approximate surface area is 570 Å². The van der Waals surface area contributed by atoms with E-state index >= 15 is 8.78 Å². The minimum atomic E-state index is -1.28. The number of aliphatic carboxylic acids is 1. The first-order valence-corrected chi connectivity index (χ1v) is 36.0. The summed E-state index contributed by atoms with van der Waals surface area (Å²) in [7, 11) is 0. The van der Waals surface area contributed by atoms with Gasteiger partial charge in [-0.2, -0.15) is 5.26 Å². The fourth-order valence-corrected chi connectivity index (χ4v) is 20.4. The Hall–Kier alpha value is -9.72. The number of fused-ring (bicyclic) bond motifs is 4. The number of nitrogens with zero attached hydrogens (tertiary/aromatic N) is 2. The molecule has 0 saturated heterocycles. The number of nitriles is 1. The highest BCUT2D eigenvalue weighted by atomic mass is 32.1. The molecule has 0 aliphatic heterocycles. The van der Waals surface area contributed by atoms with Gasteiger partial charge in [0.2, 0.25) is 0 Å². The average Bonchev–Trinajstić information content (AvgIpc) is 1.57. The van der Waals surface area contributed by atoms with Crippen LogP contribution in [0.25, 0.3) is 130 Å². The monoisotopic (exact) mass is 1340 g/mol. The summed E-state index contributed by atoms with van der Waals surface area (Å²) < 4.78 is 33.7. The zero-order chi connectivity index (χ0) is 63.8. The summed E-state index contributed by atoms with van der Waals surface area (Å²) in [6.07, 6.45) is 1.37. The quantitative estimate of drug-likeness (QED) is 0.0821. The Morgan fingerprint density at radius 2 is 0.734 bits per heavy atom. The smallest absolute Gasteiger partial charge is 0.346 e. The molecule has 452 valence electrons. The van der Waals surface area contributed by atoms with Crippen molar-refractivity contribution in [1.29, 1.82) is 5.26 Å². The highest BCUT2D eigenvalue weighted by Gasteiger charge is 2.36. The number of halogens is 2. The van der Waals surface area contributed by atoms with Crippen LogP contribution in [0, 0.1) is 23.0 Å². The van der Waals surface area contributed by atoms with Crippen LogP contribution in [0.2, 0.25) is 0 Å². The topological polar surface area (TPSA) is 64.3 Å². The number of anilines is 3. The Kier molecular flexibility index (Phi) is 15.3. The molecule has 1 aliphatic rings. The summed E-state index contributed by atoms with van der Waals surface area (Å²) in [5, 5.41) is 18.8. The molecule has 8 aromatic carbocycles. The van der Waals surface area contributed by atoms with Crippen molar-refractivity contribution in [3.05, 3.63) is 289 Å². The molecule has 0 bridgehead atoms. The number of benzene rings is 8. The van der Waals surface area contributed by atoms with Gasteiger partial charge in [-0.05, 0) is 182 Å². The molecule has 0 radical (unpaired) electrons. The molecule has 1 N–H and O–H groups in total. The highest BCUT2D eigenvalue weighted by Crippen LogP contribution is 2.54. The lowest BCUT2D eigenvalue weighted by atomic mass is 9.81. The fourth-order valence-electron chi connectivity index (χ4n) is 12.5. The van der Waals surface area contributed by atoms with E-state index in [9.17, 15) is 15.2 Å². The van der Waals surface area contributed by atoms with Gasteiger partial charge in [-0.25, -0.2) is 13.6 Å². The van der Waals surface area contributed by atoms with Crippen LogP contribution in [-0.4, -0.2) is 11.1 Å². The van der Waals surface area contributed by atoms with Crippen LogP contribution < -0.4 is 4.90 Å². The van der Waals surface area contributed by atoms with E-state index in [1.165, 1.54) is 90.5 Å². The Balaban J connectivity index is 0.550. The molecular formula is C81H50F2N2O2S7. The van der Waals surface area contributed by atoms with Crippen LogP contribution in [0.4, 0.5) is 25.8 Å². The molecule has 16 rings (SSSR count). The van der Waals surface area contributed by atoms with Gasteiger partial charge >= 0.3 is 5.97 Å². The van der Waals surface area contributed by atoms with E-state index in [2.05, 4.69) is 213 Å². The van der Waals surface area contributed by atoms with Gasteiger partial charge in [0, 0.05) is 71.2 Å². The molecule has 94 heavy (non-hydrogen) atoms. The van der Waals surface area contributed by atoms with Gasteiger partial charge < -0.3 is 10.0 Å². The SMILES string of the molecule is CC1(C)c2cc(/C=C(\C#N)C(=O)O)ccc2-c2ccc(-c3sc4c(F)c(-c5ccc(-c6ccc(-c7ccc(-c8ccc(-c9ccc(-c%10ccc(-c%11ccc(-c%12ccc(-c%13ccc(N(c%14ccccc%14)c%14ccccc%14)cc%13)cc%12)cc%11)cc%10)s9)s8)s7)s6)s5)sc4c3F)cc21. The number of carbonyl (C=O) groups is 1. The van der Waals surface area contributed by atoms with E-state index in [1.807, 2.05) is 77.3 Å². The zero-order valence-electron chi connectivity index (χ0n) is 50.2. The number of thiophene rings is 7. The molecule has 0 amide bonds. The average molecular weight is 1350 g/mol. The third kappa shape index (κ3) is 10.9. The van der Waals surface area contributed by atoms with Crippen LogP contribution in [-0.2, 0) is 10.2 Å². The highest BCUT2D eigenvalue weighted by molar-refractivity contribution is 7.33. The van der Waals surface area contributed by atoms with Crippen molar-refractivity contribution in [2.24, 2.45) is 0 Å². The van der Waals surface area contributed by atoms with E-state index in [-0.39, 0.29) is 5.57 Å². The van der Waals surface area contributed by atoms with Crippen LogP contribution in [0.15, 0.2) is 260 Å². The maximum atomic E-state index is 16.5. The van der Waals surface area contributed by atoms with E-state index in [1.54, 1.807) is 34.8 Å². The summed E-state index contributed by atoms with van der Waals surface area (Å²) in [6.45, 7) is 4.16. The van der Waals surface area contributed by atoms with Crippen LogP contribution >= 0.6 is 79.4 Å². The summed E-state index contributed by atoms with van der Waals surface area (Å²) in [6, 6.07) is 91.3. The molecule has 0 spiro atoms. The lowest BCUT2D eigenvalue weighted by Crippen LogP contribution is -2.15. The first-order chi connectivity index (χ1) is 45.9. The molecule has 4 nitrogen and oxygen atoms in total. The third-order valence-electron chi connectivity index (χ3n) is 17.4. The van der Waals surface area contributed by atoms with Gasteiger partial charge in [-0.15, -0.1) is 79.4 Å². The molecule has 0 unspecified atom stereocenters. The van der Waals surface area contributed by atoms with E-state index in [4.69, 9.17) is 0 Å². The number of carboxylic acid groups (broad SMARTS) is 1. The van der Waals surface area contributed by atoms with Crippen molar-refractivity contribution in [2.45, 2.75) is 19.3 Å². The van der Waals surface area contributed by atoms with Gasteiger partial charge in [0.05, 0.1) is 19.2 Å². The van der Waals surface area contributed by atoms with E-state index in [0.29, 0.717) is 30.3 Å². The minimum absolute atomic E-state index is 0.313. The lowest BCUT2D eigenvalue weighted by molar-refractivity contribution is -0.132. The largest absolute Gasteiger partial charge is 0.477 e. The molecule has 15 aromatic rings. The van der Waals surface area contributed by atoms with Crippen molar-refractivity contribution < 1.29 is 18.7 Å². The Bertz CT molecular complexity index is 5420. The Morgan fingerprint density at radius 3 is 1.18 bits per heavy atom. The fraction of sp³-hybridized carbons (Fsp3) is 0.0370. The minimum Gasteiger partial charge on any atom is -0.477 e. The second-order valence-electron chi connectivity index (χ2n) is 23.4. The number of para-hydroxylation sites is 2. The molecule has 0 saturated carbocycles. The zero-order valence-corrected chi connectivity index (χ0v) is 55.9. The number of hydrogen-bond donors (Lipinski definition) is 1. The van der Waals surface area contributed by atoms with Crippen molar-refractivity contribution >= 4 is 118 Å². The molecule has 0 fully saturated rings. The van der Waals surface area contributed by atoms with Gasteiger partial charge in [0.15, 0.2) is 11.6 Å². The van der Waals surface area contributed by atoms with Crippen LogP contribution in [0.1, 0.15) is 30.5 Å². The normalized spacial score (nSPS) is 12.5. The predicted octanol–water partition coefficient (Wildman–Crippen LogP) is 26.0. The summed E-state index contributed by atoms with van der Waals surface area (Å²) >= 11 is 11.0. The standard InChI is InChI=1S/C81H50F2N2O2S7/c1-81(2)62-44-47(43-56(46-84)80(86)87)13-31-60(62)61-32-28-55(45-63(61)81)76-74(82)78-79(93-76)75(83)77(94-78)73-42-41-72(92-73)71-40-39-70(91-71)69-38-37-68(90-69)67-36-35-66(89-67)65-34-33-64(88-65)54-24-22-52(23-25-54)50-16-14-48(15-17-50)49-18-20-51(21-19-49)53-26-29-59(30-27-53)85(57-9-5-3-6-10-57)58-11-7-4-8-12-58/h3-45H,1-2H3,(H,86,87)/b56-43+. The molecule has 1 aliphatic carbocycles. The predicted molar refractivity (Wildman–Crippen MR) is 397 cm³/mol. The van der Waals surface area contributed by atoms with Gasteiger partial charge in [0.1, 0.15) is 11.6 Å². The number of rotatable bonds is 15. The number of hydrogen-bond acceptors (Lipinski definition) is 10. The van der Waals surface area contributed by atoms with Crippen LogP contribution in [0.3, 0.4) is 0 Å². The van der Waals surface area contributed by atoms with Crippen molar-refractivity contribution in [1.82, 2.24) is 0 Å². The van der Waals surface area contributed by atoms with Crippen molar-refractivity contribution in [3.8, 4) is 120 Å². The first kappa shape index (κ1) is 59.3. The second kappa shape index (κ2) is 24.3. The van der Waals surface area contributed by atoms with E-state index < -0.39 is 23.0 Å². The third-order valence-corrected chi connectivity index (χ3v) is 26.3. The van der Waals surface area contributed by atoms with Gasteiger partial charge in [-0.3, -0.25) is 0 Å². The van der Waals surface area contributed by atoms with Crippen molar-refractivity contribution in [2.75, 3.05) is 4.90 Å². The van der Waals surface area contributed by atoms with Crippen molar-refractivity contribution in [3.63, 3.8) is 0 Å². The molecule has 13 heteroatoms. The summed E-state index contributed by atoms with van der Waals surface area (Å²) in [5.41, 5.74) is 16.0. The summed E-state index contributed by atoms with van der Waals surface area (Å²) in [5.74, 6) is -2.10. The molecular weight excluding hydrogens is 1300 g/mol. The molecule has 0 atom stereocenters. The number of carboxylic acids is 1. The summed E-state index contributed by atoms with van der Waals surface area (Å²) in [4.78, 5) is 26.1. The molecule has 7 aromatic heterocycles. The second-order valence-corrected chi connectivity index (χ2v) is 30.9. The van der Waals surface area contributed by atoms with Gasteiger partial charge in [-0.1, -0.05) is 166 Å². The van der Waals surface area contributed by atoms with Gasteiger partial charge in [0.25, 0.3) is 0 Å². The first-order valence-electron chi connectivity index (χ1n) is 30.3.